The number of nitrogens with zero attached hydrogens (tertiary/aromatic N) is 1. The Morgan fingerprint density at radius 1 is 1.65 bits per heavy atom. The van der Waals surface area contributed by atoms with Gasteiger partial charge in [0.15, 0.2) is 11.4 Å². The molecular weight excluding hydrogens is 300 g/mol. The van der Waals surface area contributed by atoms with E-state index in [1.807, 2.05) is 0 Å². The standard InChI is InChI=1S/C10H10BrF2NO3/c1-2-17-10(16)7-8(15)5(4-11)3-6(14-7)9(12)13/h3,9,15H,2,4H2,1H3. The van der Waals surface area contributed by atoms with E-state index in [0.29, 0.717) is 0 Å². The van der Waals surface area contributed by atoms with Crippen LogP contribution < -0.4 is 0 Å². The average Bonchev–Trinajstić information content (AvgIpc) is 2.29. The monoisotopic (exact) mass is 309 g/mol. The number of hydrogen-bond acceptors (Lipinski definition) is 4. The molecule has 0 saturated heterocycles. The molecule has 0 aliphatic rings. The van der Waals surface area contributed by atoms with Crippen molar-refractivity contribution in [1.82, 2.24) is 4.98 Å². The van der Waals surface area contributed by atoms with E-state index in [2.05, 4.69) is 25.7 Å². The molecule has 1 rings (SSSR count). The lowest BCUT2D eigenvalue weighted by Gasteiger charge is -2.09. The largest absolute Gasteiger partial charge is 0.505 e. The molecule has 7 heteroatoms. The molecule has 0 aliphatic carbocycles. The van der Waals surface area contributed by atoms with Crippen molar-refractivity contribution in [1.29, 1.82) is 0 Å². The van der Waals surface area contributed by atoms with Crippen LogP contribution in [-0.4, -0.2) is 22.7 Å². The van der Waals surface area contributed by atoms with Crippen LogP contribution in [0.5, 0.6) is 5.75 Å². The predicted molar refractivity (Wildman–Crippen MR) is 59.4 cm³/mol. The molecule has 17 heavy (non-hydrogen) atoms. The molecule has 1 heterocycles. The van der Waals surface area contributed by atoms with Gasteiger partial charge >= 0.3 is 5.97 Å². The lowest BCUT2D eigenvalue weighted by Crippen LogP contribution is -2.10. The average molecular weight is 310 g/mol. The smallest absolute Gasteiger partial charge is 0.360 e. The number of pyridine rings is 1. The third-order valence-corrected chi connectivity index (χ3v) is 2.53. The Balaban J connectivity index is 3.27. The molecule has 94 valence electrons. The van der Waals surface area contributed by atoms with E-state index in [1.54, 1.807) is 6.92 Å². The topological polar surface area (TPSA) is 59.4 Å². The molecule has 0 saturated carbocycles. The molecule has 0 amide bonds. The van der Waals surface area contributed by atoms with Crippen LogP contribution in [0.1, 0.15) is 35.1 Å². The number of esters is 1. The second-order valence-corrected chi connectivity index (χ2v) is 3.62. The van der Waals surface area contributed by atoms with Gasteiger partial charge in [0.2, 0.25) is 0 Å². The minimum Gasteiger partial charge on any atom is -0.505 e. The molecule has 0 unspecified atom stereocenters. The zero-order chi connectivity index (χ0) is 13.0. The molecule has 0 bridgehead atoms. The summed E-state index contributed by atoms with van der Waals surface area (Å²) in [6, 6.07) is 1.04. The minimum atomic E-state index is -2.82. The number of aromatic nitrogens is 1. The van der Waals surface area contributed by atoms with Crippen LogP contribution in [0, 0.1) is 0 Å². The molecule has 0 radical (unpaired) electrons. The van der Waals surface area contributed by atoms with Crippen molar-refractivity contribution in [3.05, 3.63) is 23.0 Å². The Kier molecular flexibility index (Phi) is 4.80. The van der Waals surface area contributed by atoms with Crippen LogP contribution >= 0.6 is 15.9 Å². The molecule has 1 aromatic heterocycles. The summed E-state index contributed by atoms with van der Waals surface area (Å²) in [6.45, 7) is 1.64. The number of hydrogen-bond donors (Lipinski definition) is 1. The van der Waals surface area contributed by atoms with Gasteiger partial charge in [0.25, 0.3) is 6.43 Å². The van der Waals surface area contributed by atoms with E-state index >= 15 is 0 Å². The quantitative estimate of drug-likeness (QED) is 0.686. The maximum absolute atomic E-state index is 12.5. The van der Waals surface area contributed by atoms with Crippen molar-refractivity contribution in [2.24, 2.45) is 0 Å². The Labute approximate surface area is 105 Å². The molecule has 0 atom stereocenters. The highest BCUT2D eigenvalue weighted by atomic mass is 79.9. The van der Waals surface area contributed by atoms with Crippen LogP contribution in [0.2, 0.25) is 0 Å². The van der Waals surface area contributed by atoms with E-state index in [9.17, 15) is 18.7 Å². The van der Waals surface area contributed by atoms with E-state index in [-0.39, 0.29) is 17.5 Å². The summed E-state index contributed by atoms with van der Waals surface area (Å²) >= 11 is 3.03. The van der Waals surface area contributed by atoms with E-state index < -0.39 is 29.5 Å². The van der Waals surface area contributed by atoms with Gasteiger partial charge < -0.3 is 9.84 Å². The van der Waals surface area contributed by atoms with Gasteiger partial charge in [0.05, 0.1) is 6.61 Å². The Morgan fingerprint density at radius 3 is 2.76 bits per heavy atom. The number of aromatic hydroxyl groups is 1. The first kappa shape index (κ1) is 13.8. The van der Waals surface area contributed by atoms with Crippen molar-refractivity contribution in [2.75, 3.05) is 6.61 Å². The van der Waals surface area contributed by atoms with E-state index in [4.69, 9.17) is 0 Å². The first-order valence-electron chi connectivity index (χ1n) is 4.75. The SMILES string of the molecule is CCOC(=O)c1nc(C(F)F)cc(CBr)c1O. The van der Waals surface area contributed by atoms with Crippen LogP contribution in [-0.2, 0) is 10.1 Å². The molecular formula is C10H10BrF2NO3. The maximum Gasteiger partial charge on any atom is 0.360 e. The fourth-order valence-electron chi connectivity index (χ4n) is 1.17. The van der Waals surface area contributed by atoms with Gasteiger partial charge in [0.1, 0.15) is 5.69 Å². The van der Waals surface area contributed by atoms with Gasteiger partial charge in [-0.25, -0.2) is 18.6 Å². The molecule has 0 aliphatic heterocycles. The number of alkyl halides is 3. The predicted octanol–water partition coefficient (Wildman–Crippen LogP) is 2.80. The summed E-state index contributed by atoms with van der Waals surface area (Å²) in [5.41, 5.74) is -0.891. The third-order valence-electron chi connectivity index (χ3n) is 1.93. The van der Waals surface area contributed by atoms with Crippen LogP contribution in [0.15, 0.2) is 6.07 Å². The van der Waals surface area contributed by atoms with E-state index in [1.165, 1.54) is 0 Å². The van der Waals surface area contributed by atoms with E-state index in [0.717, 1.165) is 6.07 Å². The Bertz CT molecular complexity index is 426. The first-order chi connectivity index (χ1) is 8.01. The Hall–Kier alpha value is -1.24. The number of halogens is 3. The van der Waals surface area contributed by atoms with Crippen LogP contribution in [0.3, 0.4) is 0 Å². The molecule has 0 fully saturated rings. The van der Waals surface area contributed by atoms with Crippen LogP contribution in [0.4, 0.5) is 8.78 Å². The van der Waals surface area contributed by atoms with Crippen molar-refractivity contribution in [3.8, 4) is 5.75 Å². The fourth-order valence-corrected chi connectivity index (χ4v) is 1.60. The first-order valence-corrected chi connectivity index (χ1v) is 5.87. The normalized spacial score (nSPS) is 10.6. The van der Waals surface area contributed by atoms with Crippen molar-refractivity contribution in [3.63, 3.8) is 0 Å². The number of rotatable bonds is 4. The molecule has 0 aromatic carbocycles. The molecule has 4 nitrogen and oxygen atoms in total. The summed E-state index contributed by atoms with van der Waals surface area (Å²) in [7, 11) is 0. The highest BCUT2D eigenvalue weighted by Gasteiger charge is 2.22. The molecule has 1 N–H and O–H groups in total. The third kappa shape index (κ3) is 3.12. The number of carbonyl (C=O) groups excluding carboxylic acids is 1. The van der Waals surface area contributed by atoms with Gasteiger partial charge in [-0.05, 0) is 13.0 Å². The van der Waals surface area contributed by atoms with Gasteiger partial charge in [0, 0.05) is 10.9 Å². The summed E-state index contributed by atoms with van der Waals surface area (Å²) in [5, 5.41) is 9.79. The maximum atomic E-state index is 12.5. The summed E-state index contributed by atoms with van der Waals surface area (Å²) in [6.07, 6.45) is -2.82. The van der Waals surface area contributed by atoms with Gasteiger partial charge in [-0.3, -0.25) is 0 Å². The van der Waals surface area contributed by atoms with Crippen molar-refractivity contribution < 1.29 is 23.4 Å². The lowest BCUT2D eigenvalue weighted by molar-refractivity contribution is 0.0514. The van der Waals surface area contributed by atoms with Crippen molar-refractivity contribution >= 4 is 21.9 Å². The van der Waals surface area contributed by atoms with Crippen molar-refractivity contribution in [2.45, 2.75) is 18.7 Å². The van der Waals surface area contributed by atoms with Gasteiger partial charge in [-0.2, -0.15) is 0 Å². The number of carbonyl (C=O) groups is 1. The van der Waals surface area contributed by atoms with Gasteiger partial charge in [-0.15, -0.1) is 0 Å². The van der Waals surface area contributed by atoms with Crippen LogP contribution in [0.25, 0.3) is 0 Å². The zero-order valence-electron chi connectivity index (χ0n) is 8.91. The van der Waals surface area contributed by atoms with Gasteiger partial charge in [-0.1, -0.05) is 15.9 Å². The highest BCUT2D eigenvalue weighted by molar-refractivity contribution is 9.08. The summed E-state index contributed by atoms with van der Waals surface area (Å²) in [4.78, 5) is 14.8. The summed E-state index contributed by atoms with van der Waals surface area (Å²) < 4.78 is 29.7. The lowest BCUT2D eigenvalue weighted by atomic mass is 10.2. The fraction of sp³-hybridized carbons (Fsp3) is 0.400. The zero-order valence-corrected chi connectivity index (χ0v) is 10.5. The minimum absolute atomic E-state index is 0.0719. The molecule has 0 spiro atoms. The second kappa shape index (κ2) is 5.90. The number of ether oxygens (including phenoxy) is 1. The second-order valence-electron chi connectivity index (χ2n) is 3.06. The molecule has 1 aromatic rings. The Morgan fingerprint density at radius 2 is 2.29 bits per heavy atom. The summed E-state index contributed by atoms with van der Waals surface area (Å²) in [5.74, 6) is -1.36. The highest BCUT2D eigenvalue weighted by Crippen LogP contribution is 2.28.